The lowest BCUT2D eigenvalue weighted by molar-refractivity contribution is 0.0732. The first-order valence-electron chi connectivity index (χ1n) is 6.27. The molecule has 0 bridgehead atoms. The topological polar surface area (TPSA) is 49.6 Å². The van der Waals surface area contributed by atoms with Crippen molar-refractivity contribution in [3.63, 3.8) is 0 Å². The van der Waals surface area contributed by atoms with Gasteiger partial charge in [-0.2, -0.15) is 0 Å². The molecule has 6 heteroatoms. The summed E-state index contributed by atoms with van der Waals surface area (Å²) in [5, 5.41) is 5.34. The van der Waals surface area contributed by atoms with Crippen molar-refractivity contribution in [1.82, 2.24) is 19.6 Å². The van der Waals surface area contributed by atoms with Crippen LogP contribution in [0.4, 0.5) is 0 Å². The molecule has 5 nitrogen and oxygen atoms in total. The van der Waals surface area contributed by atoms with Crippen molar-refractivity contribution in [3.8, 4) is 0 Å². The van der Waals surface area contributed by atoms with Crippen molar-refractivity contribution in [2.75, 3.05) is 19.6 Å². The zero-order chi connectivity index (χ0) is 12.1. The number of nitrogens with one attached hydrogen (secondary N) is 1. The normalized spacial score (nSPS) is 27.0. The predicted molar refractivity (Wildman–Crippen MR) is 68.9 cm³/mol. The molecular formula is C12H14N4OS. The second-order valence-electron chi connectivity index (χ2n) is 4.99. The van der Waals surface area contributed by atoms with E-state index in [9.17, 15) is 4.79 Å². The molecule has 18 heavy (non-hydrogen) atoms. The van der Waals surface area contributed by atoms with Crippen LogP contribution in [-0.2, 0) is 0 Å². The molecule has 2 aromatic heterocycles. The van der Waals surface area contributed by atoms with Gasteiger partial charge in [0.1, 0.15) is 5.69 Å². The molecule has 0 unspecified atom stereocenters. The van der Waals surface area contributed by atoms with Crippen molar-refractivity contribution in [3.05, 3.63) is 23.5 Å². The molecule has 0 radical (unpaired) electrons. The van der Waals surface area contributed by atoms with E-state index in [4.69, 9.17) is 0 Å². The molecule has 2 atom stereocenters. The monoisotopic (exact) mass is 262 g/mol. The molecule has 1 amide bonds. The Morgan fingerprint density at radius 2 is 2.44 bits per heavy atom. The molecule has 4 rings (SSSR count). The smallest absolute Gasteiger partial charge is 0.274 e. The maximum absolute atomic E-state index is 12.5. The van der Waals surface area contributed by atoms with Crippen LogP contribution in [0.25, 0.3) is 4.96 Å². The van der Waals surface area contributed by atoms with Gasteiger partial charge in [0.15, 0.2) is 4.96 Å². The summed E-state index contributed by atoms with van der Waals surface area (Å²) < 4.78 is 1.92. The van der Waals surface area contributed by atoms with E-state index in [0.29, 0.717) is 17.7 Å². The Balaban J connectivity index is 1.64. The fourth-order valence-electron chi connectivity index (χ4n) is 3.08. The Labute approximate surface area is 108 Å². The number of nitrogens with zero attached hydrogens (tertiary/aromatic N) is 3. The summed E-state index contributed by atoms with van der Waals surface area (Å²) in [6.07, 6.45) is 4.89. The van der Waals surface area contributed by atoms with Crippen LogP contribution < -0.4 is 5.32 Å². The second kappa shape index (κ2) is 3.80. The number of aromatic nitrogens is 2. The van der Waals surface area contributed by atoms with Crippen LogP contribution in [0.3, 0.4) is 0 Å². The molecule has 0 saturated carbocycles. The van der Waals surface area contributed by atoms with Crippen LogP contribution in [0.1, 0.15) is 16.9 Å². The quantitative estimate of drug-likeness (QED) is 0.828. The lowest BCUT2D eigenvalue weighted by Gasteiger charge is -2.22. The zero-order valence-corrected chi connectivity index (χ0v) is 10.7. The number of likely N-dealkylation sites (tertiary alicyclic amines) is 1. The summed E-state index contributed by atoms with van der Waals surface area (Å²) in [4.78, 5) is 19.8. The third-order valence-corrected chi connectivity index (χ3v) is 4.79. The van der Waals surface area contributed by atoms with Gasteiger partial charge in [0.05, 0.1) is 0 Å². The molecule has 1 N–H and O–H groups in total. The molecule has 2 fully saturated rings. The van der Waals surface area contributed by atoms with Gasteiger partial charge in [-0.3, -0.25) is 9.20 Å². The number of hydrogen-bond acceptors (Lipinski definition) is 4. The van der Waals surface area contributed by atoms with Gasteiger partial charge in [-0.15, -0.1) is 11.3 Å². The van der Waals surface area contributed by atoms with E-state index >= 15 is 0 Å². The molecule has 2 aromatic rings. The van der Waals surface area contributed by atoms with Crippen molar-refractivity contribution in [2.24, 2.45) is 5.92 Å². The number of amides is 1. The van der Waals surface area contributed by atoms with Crippen LogP contribution >= 0.6 is 11.3 Å². The number of carbonyl (C=O) groups excluding carboxylic acids is 1. The highest BCUT2D eigenvalue weighted by Gasteiger charge is 2.40. The molecular weight excluding hydrogens is 248 g/mol. The average Bonchev–Trinajstić information content (AvgIpc) is 3.07. The first-order chi connectivity index (χ1) is 8.83. The standard InChI is InChI=1S/C12H14N4OS/c17-11(9-7-15-3-4-18-12(15)14-9)16-2-1-8-5-13-6-10(8)16/h3-4,7-8,10,13H,1-2,5-6H2/t8-,10+/m0/s1. The summed E-state index contributed by atoms with van der Waals surface area (Å²) >= 11 is 1.56. The minimum Gasteiger partial charge on any atom is -0.333 e. The number of carbonyl (C=O) groups is 1. The van der Waals surface area contributed by atoms with E-state index in [1.54, 1.807) is 11.3 Å². The predicted octanol–water partition coefficient (Wildman–Crippen LogP) is 0.830. The maximum atomic E-state index is 12.5. The van der Waals surface area contributed by atoms with Gasteiger partial charge in [0.2, 0.25) is 0 Å². The van der Waals surface area contributed by atoms with Crippen LogP contribution in [0.5, 0.6) is 0 Å². The summed E-state index contributed by atoms with van der Waals surface area (Å²) in [7, 11) is 0. The number of fused-ring (bicyclic) bond motifs is 2. The minimum absolute atomic E-state index is 0.0853. The number of hydrogen-bond donors (Lipinski definition) is 1. The Morgan fingerprint density at radius 1 is 1.50 bits per heavy atom. The van der Waals surface area contributed by atoms with E-state index in [2.05, 4.69) is 10.3 Å². The highest BCUT2D eigenvalue weighted by molar-refractivity contribution is 7.15. The number of imidazole rings is 1. The highest BCUT2D eigenvalue weighted by Crippen LogP contribution is 2.28. The van der Waals surface area contributed by atoms with Gasteiger partial charge in [-0.25, -0.2) is 4.98 Å². The van der Waals surface area contributed by atoms with Crippen molar-refractivity contribution in [2.45, 2.75) is 12.5 Å². The van der Waals surface area contributed by atoms with Crippen LogP contribution in [-0.4, -0.2) is 45.9 Å². The molecule has 2 aliphatic rings. The van der Waals surface area contributed by atoms with Gasteiger partial charge >= 0.3 is 0 Å². The SMILES string of the molecule is O=C(c1cn2ccsc2n1)N1CC[C@H]2CNC[C@H]21. The van der Waals surface area contributed by atoms with E-state index < -0.39 is 0 Å². The largest absolute Gasteiger partial charge is 0.333 e. The number of rotatable bonds is 1. The summed E-state index contributed by atoms with van der Waals surface area (Å²) in [6, 6.07) is 0.372. The zero-order valence-electron chi connectivity index (χ0n) is 9.87. The van der Waals surface area contributed by atoms with Crippen LogP contribution in [0.15, 0.2) is 17.8 Å². The fraction of sp³-hybridized carbons (Fsp3) is 0.500. The van der Waals surface area contributed by atoms with Crippen LogP contribution in [0.2, 0.25) is 0 Å². The molecule has 0 spiro atoms. The fourth-order valence-corrected chi connectivity index (χ4v) is 3.78. The average molecular weight is 262 g/mol. The van der Waals surface area contributed by atoms with Gasteiger partial charge in [0, 0.05) is 43.4 Å². The Kier molecular flexibility index (Phi) is 2.22. The highest BCUT2D eigenvalue weighted by atomic mass is 32.1. The Hall–Kier alpha value is -1.40. The second-order valence-corrected chi connectivity index (χ2v) is 5.86. The van der Waals surface area contributed by atoms with Crippen molar-refractivity contribution < 1.29 is 4.79 Å². The summed E-state index contributed by atoms with van der Waals surface area (Å²) in [6.45, 7) is 2.85. The molecule has 0 aromatic carbocycles. The summed E-state index contributed by atoms with van der Waals surface area (Å²) in [5.74, 6) is 0.722. The first-order valence-corrected chi connectivity index (χ1v) is 7.15. The van der Waals surface area contributed by atoms with Crippen LogP contribution in [0, 0.1) is 5.92 Å². The lowest BCUT2D eigenvalue weighted by atomic mass is 10.1. The first kappa shape index (κ1) is 10.5. The van der Waals surface area contributed by atoms with Crippen molar-refractivity contribution >= 4 is 22.2 Å². The van der Waals surface area contributed by atoms with E-state index in [0.717, 1.165) is 31.0 Å². The van der Waals surface area contributed by atoms with Gasteiger partial charge in [0.25, 0.3) is 5.91 Å². The van der Waals surface area contributed by atoms with Gasteiger partial charge in [-0.05, 0) is 12.3 Å². The Bertz CT molecular complexity index is 576. The molecule has 0 aliphatic carbocycles. The molecule has 2 saturated heterocycles. The van der Waals surface area contributed by atoms with Gasteiger partial charge < -0.3 is 10.2 Å². The molecule has 4 heterocycles. The third kappa shape index (κ3) is 1.42. The lowest BCUT2D eigenvalue weighted by Crippen LogP contribution is -2.39. The van der Waals surface area contributed by atoms with Crippen molar-refractivity contribution in [1.29, 1.82) is 0 Å². The van der Waals surface area contributed by atoms with Gasteiger partial charge in [-0.1, -0.05) is 0 Å². The molecule has 94 valence electrons. The summed E-state index contributed by atoms with van der Waals surface area (Å²) in [5.41, 5.74) is 0.578. The third-order valence-electron chi connectivity index (χ3n) is 4.02. The van der Waals surface area contributed by atoms with E-state index in [1.165, 1.54) is 0 Å². The van der Waals surface area contributed by atoms with E-state index in [-0.39, 0.29) is 5.91 Å². The maximum Gasteiger partial charge on any atom is 0.274 e. The molecule has 2 aliphatic heterocycles. The van der Waals surface area contributed by atoms with E-state index in [1.807, 2.05) is 27.1 Å². The minimum atomic E-state index is 0.0853. The number of thiazole rings is 1. The Morgan fingerprint density at radius 3 is 3.33 bits per heavy atom.